The SMILES string of the molecule is COc1ccc(C(C#N)CCOc2ccc(Cl)cc2C)cc1. The minimum Gasteiger partial charge on any atom is -0.497 e. The van der Waals surface area contributed by atoms with Gasteiger partial charge in [-0.3, -0.25) is 0 Å². The van der Waals surface area contributed by atoms with Crippen molar-refractivity contribution in [2.75, 3.05) is 13.7 Å². The lowest BCUT2D eigenvalue weighted by Gasteiger charge is -2.13. The normalized spacial score (nSPS) is 11.5. The summed E-state index contributed by atoms with van der Waals surface area (Å²) in [7, 11) is 1.62. The molecule has 0 heterocycles. The van der Waals surface area contributed by atoms with E-state index in [2.05, 4.69) is 6.07 Å². The van der Waals surface area contributed by atoms with Crippen LogP contribution in [0.2, 0.25) is 5.02 Å². The van der Waals surface area contributed by atoms with E-state index in [-0.39, 0.29) is 5.92 Å². The van der Waals surface area contributed by atoms with E-state index in [1.54, 1.807) is 13.2 Å². The lowest BCUT2D eigenvalue weighted by atomic mass is 9.97. The Balaban J connectivity index is 1.94. The fourth-order valence-electron chi connectivity index (χ4n) is 2.20. The summed E-state index contributed by atoms with van der Waals surface area (Å²) >= 11 is 5.92. The molecule has 2 aromatic carbocycles. The molecule has 1 unspecified atom stereocenters. The molecule has 0 aliphatic carbocycles. The second kappa shape index (κ2) is 7.72. The Morgan fingerprint density at radius 1 is 1.18 bits per heavy atom. The Hall–Kier alpha value is -2.18. The average Bonchev–Trinajstić information content (AvgIpc) is 2.53. The fourth-order valence-corrected chi connectivity index (χ4v) is 2.43. The van der Waals surface area contributed by atoms with Crippen LogP contribution in [0.1, 0.15) is 23.5 Å². The topological polar surface area (TPSA) is 42.2 Å². The van der Waals surface area contributed by atoms with E-state index >= 15 is 0 Å². The van der Waals surface area contributed by atoms with Crippen molar-refractivity contribution in [2.24, 2.45) is 0 Å². The van der Waals surface area contributed by atoms with E-state index in [0.717, 1.165) is 22.6 Å². The molecule has 1 atom stereocenters. The van der Waals surface area contributed by atoms with Gasteiger partial charge in [-0.25, -0.2) is 0 Å². The van der Waals surface area contributed by atoms with Crippen molar-refractivity contribution in [2.45, 2.75) is 19.3 Å². The summed E-state index contributed by atoms with van der Waals surface area (Å²) in [6.45, 7) is 2.43. The lowest BCUT2D eigenvalue weighted by Crippen LogP contribution is -2.05. The van der Waals surface area contributed by atoms with Gasteiger partial charge in [-0.15, -0.1) is 0 Å². The van der Waals surface area contributed by atoms with Crippen molar-refractivity contribution in [3.8, 4) is 17.6 Å². The molecular weight excluding hydrogens is 298 g/mol. The molecule has 114 valence electrons. The molecule has 2 rings (SSSR count). The van der Waals surface area contributed by atoms with Crippen molar-refractivity contribution >= 4 is 11.6 Å². The summed E-state index contributed by atoms with van der Waals surface area (Å²) in [5.74, 6) is 1.39. The van der Waals surface area contributed by atoms with Crippen LogP contribution in [0.3, 0.4) is 0 Å². The Kier molecular flexibility index (Phi) is 5.68. The highest BCUT2D eigenvalue weighted by atomic mass is 35.5. The van der Waals surface area contributed by atoms with Crippen LogP contribution in [0, 0.1) is 18.3 Å². The third-order valence-electron chi connectivity index (χ3n) is 3.48. The lowest BCUT2D eigenvalue weighted by molar-refractivity contribution is 0.304. The number of nitriles is 1. The van der Waals surface area contributed by atoms with Gasteiger partial charge in [-0.1, -0.05) is 23.7 Å². The third kappa shape index (κ3) is 4.16. The van der Waals surface area contributed by atoms with Gasteiger partial charge in [0, 0.05) is 11.4 Å². The molecule has 0 amide bonds. The van der Waals surface area contributed by atoms with Gasteiger partial charge in [-0.05, 0) is 48.4 Å². The van der Waals surface area contributed by atoms with Crippen molar-refractivity contribution in [3.05, 3.63) is 58.6 Å². The highest BCUT2D eigenvalue weighted by Crippen LogP contribution is 2.24. The van der Waals surface area contributed by atoms with E-state index in [1.807, 2.05) is 43.3 Å². The van der Waals surface area contributed by atoms with E-state index in [4.69, 9.17) is 21.1 Å². The molecule has 0 aromatic heterocycles. The summed E-state index contributed by atoms with van der Waals surface area (Å²) in [4.78, 5) is 0. The molecule has 0 N–H and O–H groups in total. The predicted molar refractivity (Wildman–Crippen MR) is 87.6 cm³/mol. The summed E-state index contributed by atoms with van der Waals surface area (Å²) in [5.41, 5.74) is 1.96. The van der Waals surface area contributed by atoms with Crippen molar-refractivity contribution < 1.29 is 9.47 Å². The van der Waals surface area contributed by atoms with Crippen LogP contribution in [0.25, 0.3) is 0 Å². The number of nitrogens with zero attached hydrogens (tertiary/aromatic N) is 1. The zero-order chi connectivity index (χ0) is 15.9. The Morgan fingerprint density at radius 2 is 1.91 bits per heavy atom. The molecule has 0 saturated heterocycles. The first-order valence-corrected chi connectivity index (χ1v) is 7.44. The summed E-state index contributed by atoms with van der Waals surface area (Å²) < 4.78 is 10.9. The first-order chi connectivity index (χ1) is 10.6. The fraction of sp³-hybridized carbons (Fsp3) is 0.278. The van der Waals surface area contributed by atoms with Gasteiger partial charge >= 0.3 is 0 Å². The quantitative estimate of drug-likeness (QED) is 0.773. The number of benzene rings is 2. The minimum atomic E-state index is -0.196. The van der Waals surface area contributed by atoms with Gasteiger partial charge in [0.25, 0.3) is 0 Å². The van der Waals surface area contributed by atoms with Gasteiger partial charge in [-0.2, -0.15) is 5.26 Å². The predicted octanol–water partition coefficient (Wildman–Crippen LogP) is 4.73. The van der Waals surface area contributed by atoms with E-state index in [1.165, 1.54) is 0 Å². The highest BCUT2D eigenvalue weighted by molar-refractivity contribution is 6.30. The molecule has 0 saturated carbocycles. The summed E-state index contributed by atoms with van der Waals surface area (Å²) in [6, 6.07) is 15.4. The first-order valence-electron chi connectivity index (χ1n) is 7.06. The van der Waals surface area contributed by atoms with Crippen LogP contribution in [-0.2, 0) is 0 Å². The molecule has 0 bridgehead atoms. The largest absolute Gasteiger partial charge is 0.497 e. The number of aryl methyl sites for hydroxylation is 1. The Labute approximate surface area is 136 Å². The molecule has 22 heavy (non-hydrogen) atoms. The van der Waals surface area contributed by atoms with Gasteiger partial charge in [0.05, 0.1) is 25.7 Å². The van der Waals surface area contributed by atoms with E-state index in [0.29, 0.717) is 18.1 Å². The van der Waals surface area contributed by atoms with Crippen LogP contribution >= 0.6 is 11.6 Å². The number of halogens is 1. The molecule has 0 aliphatic rings. The maximum absolute atomic E-state index is 9.34. The standard InChI is InChI=1S/C18H18ClNO2/c1-13-11-16(19)5-8-18(13)22-10-9-15(12-20)14-3-6-17(21-2)7-4-14/h3-8,11,15H,9-10H2,1-2H3. The number of rotatable bonds is 6. The second-order valence-electron chi connectivity index (χ2n) is 5.00. The van der Waals surface area contributed by atoms with Crippen LogP contribution in [0.5, 0.6) is 11.5 Å². The first kappa shape index (κ1) is 16.2. The van der Waals surface area contributed by atoms with Gasteiger partial charge in [0.2, 0.25) is 0 Å². The zero-order valence-electron chi connectivity index (χ0n) is 12.7. The van der Waals surface area contributed by atoms with Crippen LogP contribution < -0.4 is 9.47 Å². The average molecular weight is 316 g/mol. The van der Waals surface area contributed by atoms with Crippen LogP contribution in [-0.4, -0.2) is 13.7 Å². The molecule has 0 spiro atoms. The molecule has 0 radical (unpaired) electrons. The third-order valence-corrected chi connectivity index (χ3v) is 3.71. The number of hydrogen-bond acceptors (Lipinski definition) is 3. The van der Waals surface area contributed by atoms with Gasteiger partial charge < -0.3 is 9.47 Å². The smallest absolute Gasteiger partial charge is 0.122 e. The van der Waals surface area contributed by atoms with Crippen molar-refractivity contribution in [3.63, 3.8) is 0 Å². The molecule has 0 aliphatic heterocycles. The van der Waals surface area contributed by atoms with E-state index in [9.17, 15) is 5.26 Å². The maximum atomic E-state index is 9.34. The monoisotopic (exact) mass is 315 g/mol. The molecular formula is C18H18ClNO2. The van der Waals surface area contributed by atoms with E-state index < -0.39 is 0 Å². The Morgan fingerprint density at radius 3 is 2.50 bits per heavy atom. The van der Waals surface area contributed by atoms with Crippen LogP contribution in [0.15, 0.2) is 42.5 Å². The summed E-state index contributed by atoms with van der Waals surface area (Å²) in [5, 5.41) is 10.0. The molecule has 4 heteroatoms. The summed E-state index contributed by atoms with van der Waals surface area (Å²) in [6.07, 6.45) is 0.630. The van der Waals surface area contributed by atoms with Gasteiger partial charge in [0.15, 0.2) is 0 Å². The number of ether oxygens (including phenoxy) is 2. The minimum absolute atomic E-state index is 0.196. The van der Waals surface area contributed by atoms with Crippen molar-refractivity contribution in [1.82, 2.24) is 0 Å². The number of hydrogen-bond donors (Lipinski definition) is 0. The number of methoxy groups -OCH3 is 1. The molecule has 2 aromatic rings. The Bertz CT molecular complexity index is 662. The second-order valence-corrected chi connectivity index (χ2v) is 5.44. The van der Waals surface area contributed by atoms with Crippen LogP contribution in [0.4, 0.5) is 0 Å². The molecule has 3 nitrogen and oxygen atoms in total. The van der Waals surface area contributed by atoms with Gasteiger partial charge in [0.1, 0.15) is 11.5 Å². The van der Waals surface area contributed by atoms with Crippen molar-refractivity contribution in [1.29, 1.82) is 5.26 Å². The highest BCUT2D eigenvalue weighted by Gasteiger charge is 2.11. The maximum Gasteiger partial charge on any atom is 0.122 e. The zero-order valence-corrected chi connectivity index (χ0v) is 13.4. The molecule has 0 fully saturated rings.